The summed E-state index contributed by atoms with van der Waals surface area (Å²) in [5, 5.41) is 10.0. The largest absolute Gasteiger partial charge is 0.373 e. The number of pyridine rings is 1. The van der Waals surface area contributed by atoms with Crippen LogP contribution in [0.4, 0.5) is 5.82 Å². The highest BCUT2D eigenvalue weighted by Crippen LogP contribution is 2.29. The van der Waals surface area contributed by atoms with Gasteiger partial charge >= 0.3 is 0 Å². The summed E-state index contributed by atoms with van der Waals surface area (Å²) in [5.41, 5.74) is 6.33. The van der Waals surface area contributed by atoms with E-state index in [0.29, 0.717) is 0 Å². The first-order chi connectivity index (χ1) is 19.6. The van der Waals surface area contributed by atoms with E-state index in [1.807, 2.05) is 37.2 Å². The number of aromatic nitrogens is 3. The van der Waals surface area contributed by atoms with Gasteiger partial charge in [0.25, 0.3) is 0 Å². The lowest BCUT2D eigenvalue weighted by Crippen LogP contribution is -2.30. The van der Waals surface area contributed by atoms with Gasteiger partial charge in [-0.05, 0) is 66.6 Å². The Kier molecular flexibility index (Phi) is 11.4. The molecule has 6 rings (SSSR count). The number of benzene rings is 2. The van der Waals surface area contributed by atoms with Crippen molar-refractivity contribution in [2.75, 3.05) is 25.5 Å². The maximum atomic E-state index is 4.54. The van der Waals surface area contributed by atoms with Gasteiger partial charge in [0.05, 0.1) is 11.9 Å². The standard InChI is InChI=1S/C20H25N5.C10H12.C5H10/c1-21-20-11-17-10-15(6-7-16(17)12-22-20)18-13-23-24(2)19(18)14-25-8-4-3-5-9-25;1-3-9-6-5-7-10(4-2)8-9;1-2-4-5-3-1/h6-7,10-13H,3-5,8-9,14H2,1-2H3,(H,21,22);3,5-8H,1,4H2,2H3;1-5H2. The van der Waals surface area contributed by atoms with E-state index in [0.717, 1.165) is 24.2 Å². The number of anilines is 1. The summed E-state index contributed by atoms with van der Waals surface area (Å²) in [5.74, 6) is 0.893. The van der Waals surface area contributed by atoms with Crippen molar-refractivity contribution in [3.05, 3.63) is 84.3 Å². The minimum absolute atomic E-state index is 0.893. The Bertz CT molecular complexity index is 1340. The van der Waals surface area contributed by atoms with Gasteiger partial charge in [0.1, 0.15) is 5.82 Å². The summed E-state index contributed by atoms with van der Waals surface area (Å²) in [6, 6.07) is 17.1. The molecule has 3 heterocycles. The Balaban J connectivity index is 0.000000201. The first-order valence-electron chi connectivity index (χ1n) is 15.1. The molecule has 1 aliphatic carbocycles. The Morgan fingerprint density at radius 1 is 0.875 bits per heavy atom. The van der Waals surface area contributed by atoms with E-state index in [-0.39, 0.29) is 0 Å². The number of nitrogens with zero attached hydrogens (tertiary/aromatic N) is 4. The zero-order valence-electron chi connectivity index (χ0n) is 24.8. The predicted molar refractivity (Wildman–Crippen MR) is 172 cm³/mol. The van der Waals surface area contributed by atoms with Crippen LogP contribution in [-0.2, 0) is 20.0 Å². The van der Waals surface area contributed by atoms with Gasteiger partial charge in [0.15, 0.2) is 0 Å². The maximum absolute atomic E-state index is 4.54. The lowest BCUT2D eigenvalue weighted by Gasteiger charge is -2.26. The third kappa shape index (κ3) is 8.28. The first kappa shape index (κ1) is 29.5. The fraction of sp³-hybridized carbons (Fsp3) is 0.429. The average molecular weight is 538 g/mol. The summed E-state index contributed by atoms with van der Waals surface area (Å²) in [6.07, 6.45) is 18.4. The molecule has 212 valence electrons. The van der Waals surface area contributed by atoms with Gasteiger partial charge in [0.2, 0.25) is 0 Å². The molecule has 2 fully saturated rings. The molecule has 1 saturated carbocycles. The Morgan fingerprint density at radius 2 is 1.60 bits per heavy atom. The Morgan fingerprint density at radius 3 is 2.27 bits per heavy atom. The Hall–Kier alpha value is -3.44. The number of fused-ring (bicyclic) bond motifs is 1. The van der Waals surface area contributed by atoms with Crippen LogP contribution in [0.5, 0.6) is 0 Å². The van der Waals surface area contributed by atoms with Crippen molar-refractivity contribution < 1.29 is 0 Å². The second-order valence-corrected chi connectivity index (χ2v) is 10.9. The van der Waals surface area contributed by atoms with Crippen molar-refractivity contribution in [2.45, 2.75) is 71.3 Å². The molecule has 0 bridgehead atoms. The number of rotatable bonds is 6. The molecule has 1 N–H and O–H groups in total. The quantitative estimate of drug-likeness (QED) is 0.268. The van der Waals surface area contributed by atoms with Crippen molar-refractivity contribution in [2.24, 2.45) is 7.05 Å². The predicted octanol–water partition coefficient (Wildman–Crippen LogP) is 8.51. The van der Waals surface area contributed by atoms with E-state index in [4.69, 9.17) is 0 Å². The topological polar surface area (TPSA) is 46.0 Å². The molecule has 40 heavy (non-hydrogen) atoms. The van der Waals surface area contributed by atoms with Crippen LogP contribution in [0.15, 0.2) is 67.5 Å². The molecule has 1 aliphatic heterocycles. The molecule has 0 spiro atoms. The van der Waals surface area contributed by atoms with E-state index in [1.165, 1.54) is 97.8 Å². The van der Waals surface area contributed by atoms with E-state index in [9.17, 15) is 0 Å². The summed E-state index contributed by atoms with van der Waals surface area (Å²) in [6.45, 7) is 9.22. The highest BCUT2D eigenvalue weighted by atomic mass is 15.3. The number of nitrogens with one attached hydrogen (secondary N) is 1. The minimum atomic E-state index is 0.893. The number of likely N-dealkylation sites (tertiary alicyclic amines) is 1. The lowest BCUT2D eigenvalue weighted by molar-refractivity contribution is 0.216. The van der Waals surface area contributed by atoms with Crippen LogP contribution in [0.3, 0.4) is 0 Å². The van der Waals surface area contributed by atoms with E-state index in [1.54, 1.807) is 0 Å². The smallest absolute Gasteiger partial charge is 0.126 e. The van der Waals surface area contributed by atoms with Crippen molar-refractivity contribution in [3.63, 3.8) is 0 Å². The van der Waals surface area contributed by atoms with Crippen molar-refractivity contribution in [1.29, 1.82) is 0 Å². The lowest BCUT2D eigenvalue weighted by atomic mass is 10.0. The van der Waals surface area contributed by atoms with Crippen LogP contribution in [0, 0.1) is 0 Å². The molecule has 2 aliphatic rings. The Labute approximate surface area is 241 Å². The minimum Gasteiger partial charge on any atom is -0.373 e. The normalized spacial score (nSPS) is 15.1. The van der Waals surface area contributed by atoms with Crippen LogP contribution in [-0.4, -0.2) is 39.8 Å². The molecule has 2 aromatic carbocycles. The first-order valence-corrected chi connectivity index (χ1v) is 15.1. The SMILES string of the molecule is C1CCCC1.C=Cc1cccc(CC)c1.CNc1cc2cc(-c3cnn(C)c3CN3CCCCC3)ccc2cn1. The third-order valence-electron chi connectivity index (χ3n) is 8.02. The molecule has 2 aromatic heterocycles. The van der Waals surface area contributed by atoms with Crippen LogP contribution >= 0.6 is 0 Å². The number of hydrogen-bond acceptors (Lipinski definition) is 4. The molecule has 5 heteroatoms. The zero-order chi connectivity index (χ0) is 28.2. The second-order valence-electron chi connectivity index (χ2n) is 10.9. The molecule has 0 amide bonds. The van der Waals surface area contributed by atoms with Gasteiger partial charge in [0, 0.05) is 37.8 Å². The molecule has 0 atom stereocenters. The van der Waals surface area contributed by atoms with Gasteiger partial charge in [-0.1, -0.05) is 94.5 Å². The fourth-order valence-corrected chi connectivity index (χ4v) is 5.49. The van der Waals surface area contributed by atoms with Crippen LogP contribution in [0.1, 0.15) is 75.1 Å². The maximum Gasteiger partial charge on any atom is 0.126 e. The average Bonchev–Trinajstić information content (AvgIpc) is 3.72. The van der Waals surface area contributed by atoms with Crippen LogP contribution in [0.2, 0.25) is 0 Å². The zero-order valence-corrected chi connectivity index (χ0v) is 24.8. The monoisotopic (exact) mass is 537 g/mol. The summed E-state index contributed by atoms with van der Waals surface area (Å²) in [7, 11) is 3.95. The molecule has 1 saturated heterocycles. The van der Waals surface area contributed by atoms with Gasteiger partial charge < -0.3 is 5.32 Å². The van der Waals surface area contributed by atoms with Crippen molar-refractivity contribution in [1.82, 2.24) is 19.7 Å². The molecule has 4 aromatic rings. The van der Waals surface area contributed by atoms with Crippen LogP contribution in [0.25, 0.3) is 28.0 Å². The summed E-state index contributed by atoms with van der Waals surface area (Å²) >= 11 is 0. The number of aryl methyl sites for hydroxylation is 2. The van der Waals surface area contributed by atoms with Crippen molar-refractivity contribution >= 4 is 22.7 Å². The molecule has 5 nitrogen and oxygen atoms in total. The highest BCUT2D eigenvalue weighted by molar-refractivity contribution is 5.88. The molecular weight excluding hydrogens is 490 g/mol. The van der Waals surface area contributed by atoms with Crippen molar-refractivity contribution in [3.8, 4) is 11.1 Å². The van der Waals surface area contributed by atoms with Crippen LogP contribution < -0.4 is 5.32 Å². The highest BCUT2D eigenvalue weighted by Gasteiger charge is 2.17. The van der Waals surface area contributed by atoms with Gasteiger partial charge in [-0.15, -0.1) is 0 Å². The van der Waals surface area contributed by atoms with E-state index >= 15 is 0 Å². The molecule has 0 unspecified atom stereocenters. The van der Waals surface area contributed by atoms with E-state index < -0.39 is 0 Å². The summed E-state index contributed by atoms with van der Waals surface area (Å²) in [4.78, 5) is 6.94. The van der Waals surface area contributed by atoms with Gasteiger partial charge in [-0.2, -0.15) is 5.10 Å². The second kappa shape index (κ2) is 15.4. The van der Waals surface area contributed by atoms with E-state index in [2.05, 4.69) is 82.3 Å². The van der Waals surface area contributed by atoms with Gasteiger partial charge in [-0.3, -0.25) is 9.58 Å². The fourth-order valence-electron chi connectivity index (χ4n) is 5.49. The number of piperidine rings is 1. The number of hydrogen-bond donors (Lipinski definition) is 1. The summed E-state index contributed by atoms with van der Waals surface area (Å²) < 4.78 is 2.03. The molecular formula is C35H47N5. The van der Waals surface area contributed by atoms with Gasteiger partial charge in [-0.25, -0.2) is 4.98 Å². The third-order valence-corrected chi connectivity index (χ3v) is 8.02. The molecule has 0 radical (unpaired) electrons.